The van der Waals surface area contributed by atoms with Gasteiger partial charge >= 0.3 is 0 Å². The second kappa shape index (κ2) is 6.81. The van der Waals surface area contributed by atoms with Crippen molar-refractivity contribution in [3.05, 3.63) is 0 Å². The van der Waals surface area contributed by atoms with Gasteiger partial charge in [0, 0.05) is 0 Å². The standard InChI is InChI=1S/C15H28.2CH4/c1-10(2)5-8-14-12-6-7-13(9-12)15(14)11(3)4;;/h10-15H,5-9H2,1-4H3;2*1H4. The minimum Gasteiger partial charge on any atom is -0.0776 e. The number of hydrogen-bond donors (Lipinski definition) is 0. The molecule has 0 nitrogen and oxygen atoms in total. The Morgan fingerprint density at radius 3 is 2.06 bits per heavy atom. The van der Waals surface area contributed by atoms with E-state index in [2.05, 4.69) is 27.7 Å². The van der Waals surface area contributed by atoms with E-state index in [0.29, 0.717) is 0 Å². The molecule has 2 aliphatic carbocycles. The monoisotopic (exact) mass is 240 g/mol. The van der Waals surface area contributed by atoms with Gasteiger partial charge < -0.3 is 0 Å². The van der Waals surface area contributed by atoms with E-state index < -0.39 is 0 Å². The molecular formula is C17H36. The van der Waals surface area contributed by atoms with Gasteiger partial charge in [-0.05, 0) is 61.2 Å². The van der Waals surface area contributed by atoms with Crippen LogP contribution in [0.25, 0.3) is 0 Å². The molecule has 0 spiro atoms. The topological polar surface area (TPSA) is 0 Å². The molecule has 2 fully saturated rings. The van der Waals surface area contributed by atoms with Crippen molar-refractivity contribution < 1.29 is 0 Å². The largest absolute Gasteiger partial charge is 0.0776 e. The fraction of sp³-hybridized carbons (Fsp3) is 1.00. The zero-order chi connectivity index (χ0) is 11.0. The molecule has 0 aromatic heterocycles. The maximum Gasteiger partial charge on any atom is -0.0332 e. The van der Waals surface area contributed by atoms with Crippen LogP contribution in [0.15, 0.2) is 0 Å². The first-order valence-electron chi connectivity index (χ1n) is 7.09. The average Bonchev–Trinajstić information content (AvgIpc) is 2.72. The Morgan fingerprint density at radius 1 is 0.941 bits per heavy atom. The minimum atomic E-state index is 0. The van der Waals surface area contributed by atoms with Crippen molar-refractivity contribution in [1.29, 1.82) is 0 Å². The smallest absolute Gasteiger partial charge is 0.0332 e. The summed E-state index contributed by atoms with van der Waals surface area (Å²) in [6, 6.07) is 0. The molecule has 104 valence electrons. The van der Waals surface area contributed by atoms with Gasteiger partial charge in [-0.15, -0.1) is 0 Å². The van der Waals surface area contributed by atoms with E-state index >= 15 is 0 Å². The molecule has 2 saturated carbocycles. The van der Waals surface area contributed by atoms with Gasteiger partial charge in [-0.25, -0.2) is 0 Å². The van der Waals surface area contributed by atoms with Crippen LogP contribution in [-0.4, -0.2) is 0 Å². The maximum absolute atomic E-state index is 2.45. The van der Waals surface area contributed by atoms with Crippen molar-refractivity contribution in [3.8, 4) is 0 Å². The normalized spacial score (nSPS) is 34.9. The lowest BCUT2D eigenvalue weighted by atomic mass is 9.71. The van der Waals surface area contributed by atoms with Gasteiger partial charge in [0.05, 0.1) is 0 Å². The number of hydrogen-bond acceptors (Lipinski definition) is 0. The summed E-state index contributed by atoms with van der Waals surface area (Å²) < 4.78 is 0. The predicted octanol–water partition coefficient (Wildman–Crippen LogP) is 6.01. The van der Waals surface area contributed by atoms with Crippen LogP contribution in [0.2, 0.25) is 0 Å². The van der Waals surface area contributed by atoms with Gasteiger partial charge in [-0.2, -0.15) is 0 Å². The van der Waals surface area contributed by atoms with Crippen molar-refractivity contribution >= 4 is 0 Å². The van der Waals surface area contributed by atoms with Crippen molar-refractivity contribution in [2.75, 3.05) is 0 Å². The van der Waals surface area contributed by atoms with Crippen LogP contribution in [0.3, 0.4) is 0 Å². The van der Waals surface area contributed by atoms with Gasteiger partial charge in [-0.3, -0.25) is 0 Å². The lowest BCUT2D eigenvalue weighted by molar-refractivity contribution is 0.151. The molecule has 17 heavy (non-hydrogen) atoms. The molecule has 0 amide bonds. The molecule has 2 bridgehead atoms. The Balaban J connectivity index is 0.00000128. The van der Waals surface area contributed by atoms with Gasteiger partial charge in [-0.1, -0.05) is 49.0 Å². The Bertz CT molecular complexity index is 204. The van der Waals surface area contributed by atoms with Crippen LogP contribution in [0, 0.1) is 35.5 Å². The third-order valence-corrected chi connectivity index (χ3v) is 5.01. The van der Waals surface area contributed by atoms with Crippen molar-refractivity contribution in [2.24, 2.45) is 35.5 Å². The van der Waals surface area contributed by atoms with Gasteiger partial charge in [0.2, 0.25) is 0 Å². The fourth-order valence-electron chi connectivity index (χ4n) is 4.45. The first kappa shape index (κ1) is 17.0. The van der Waals surface area contributed by atoms with Crippen LogP contribution in [-0.2, 0) is 0 Å². The summed E-state index contributed by atoms with van der Waals surface area (Å²) in [6.07, 6.45) is 7.65. The third kappa shape index (κ3) is 3.48. The summed E-state index contributed by atoms with van der Waals surface area (Å²) in [4.78, 5) is 0. The van der Waals surface area contributed by atoms with Crippen molar-refractivity contribution in [1.82, 2.24) is 0 Å². The molecule has 2 rings (SSSR count). The Labute approximate surface area is 111 Å². The molecule has 0 aromatic carbocycles. The second-order valence-electron chi connectivity index (χ2n) is 6.79. The minimum absolute atomic E-state index is 0. The molecule has 0 aromatic rings. The summed E-state index contributed by atoms with van der Waals surface area (Å²) in [5.41, 5.74) is 0. The SMILES string of the molecule is C.C.CC(C)CCC1C2CCC(C2)C1C(C)C. The summed E-state index contributed by atoms with van der Waals surface area (Å²) in [7, 11) is 0. The number of rotatable bonds is 4. The van der Waals surface area contributed by atoms with Crippen LogP contribution in [0.4, 0.5) is 0 Å². The maximum atomic E-state index is 2.45. The molecule has 4 atom stereocenters. The molecule has 2 aliphatic rings. The zero-order valence-corrected chi connectivity index (χ0v) is 11.0. The Kier molecular flexibility index (Phi) is 6.81. The van der Waals surface area contributed by atoms with E-state index in [4.69, 9.17) is 0 Å². The van der Waals surface area contributed by atoms with E-state index in [1.165, 1.54) is 12.8 Å². The third-order valence-electron chi connectivity index (χ3n) is 5.01. The van der Waals surface area contributed by atoms with Crippen LogP contribution < -0.4 is 0 Å². The molecule has 0 saturated heterocycles. The molecule has 0 heteroatoms. The van der Waals surface area contributed by atoms with E-state index in [9.17, 15) is 0 Å². The summed E-state index contributed by atoms with van der Waals surface area (Å²) in [5, 5.41) is 0. The summed E-state index contributed by atoms with van der Waals surface area (Å²) in [5.74, 6) is 6.20. The first-order chi connectivity index (χ1) is 7.09. The summed E-state index contributed by atoms with van der Waals surface area (Å²) >= 11 is 0. The van der Waals surface area contributed by atoms with Crippen LogP contribution >= 0.6 is 0 Å². The first-order valence-corrected chi connectivity index (χ1v) is 7.09. The van der Waals surface area contributed by atoms with E-state index in [0.717, 1.165) is 35.5 Å². The molecule has 4 unspecified atom stereocenters. The zero-order valence-electron chi connectivity index (χ0n) is 11.0. The van der Waals surface area contributed by atoms with E-state index in [1.54, 1.807) is 19.3 Å². The van der Waals surface area contributed by atoms with E-state index in [1.807, 2.05) is 0 Å². The quantitative estimate of drug-likeness (QED) is 0.564. The molecular weight excluding hydrogens is 204 g/mol. The number of fused-ring (bicyclic) bond motifs is 2. The van der Waals surface area contributed by atoms with E-state index in [-0.39, 0.29) is 14.9 Å². The van der Waals surface area contributed by atoms with Crippen LogP contribution in [0.1, 0.15) is 74.7 Å². The van der Waals surface area contributed by atoms with Crippen molar-refractivity contribution in [3.63, 3.8) is 0 Å². The summed E-state index contributed by atoms with van der Waals surface area (Å²) in [6.45, 7) is 9.65. The Hall–Kier alpha value is 0. The van der Waals surface area contributed by atoms with Gasteiger partial charge in [0.15, 0.2) is 0 Å². The Morgan fingerprint density at radius 2 is 1.53 bits per heavy atom. The fourth-order valence-corrected chi connectivity index (χ4v) is 4.45. The highest BCUT2D eigenvalue weighted by Crippen LogP contribution is 2.56. The lowest BCUT2D eigenvalue weighted by Crippen LogP contribution is -2.27. The molecule has 0 N–H and O–H groups in total. The molecule has 0 heterocycles. The highest BCUT2D eigenvalue weighted by molar-refractivity contribution is 4.97. The second-order valence-corrected chi connectivity index (χ2v) is 6.79. The van der Waals surface area contributed by atoms with Gasteiger partial charge in [0.1, 0.15) is 0 Å². The molecule has 0 radical (unpaired) electrons. The van der Waals surface area contributed by atoms with Crippen molar-refractivity contribution in [2.45, 2.75) is 74.7 Å². The lowest BCUT2D eigenvalue weighted by Gasteiger charge is -2.34. The van der Waals surface area contributed by atoms with Gasteiger partial charge in [0.25, 0.3) is 0 Å². The average molecular weight is 240 g/mol. The van der Waals surface area contributed by atoms with Crippen LogP contribution in [0.5, 0.6) is 0 Å². The highest BCUT2D eigenvalue weighted by atomic mass is 14.5. The predicted molar refractivity (Wildman–Crippen MR) is 80.2 cm³/mol. The highest BCUT2D eigenvalue weighted by Gasteiger charge is 2.47. The molecule has 0 aliphatic heterocycles.